The lowest BCUT2D eigenvalue weighted by Gasteiger charge is -2.22. The molecule has 2 rings (SSSR count). The highest BCUT2D eigenvalue weighted by molar-refractivity contribution is 6.30. The Balaban J connectivity index is 2.30. The minimum atomic E-state index is -0.258. The summed E-state index contributed by atoms with van der Waals surface area (Å²) < 4.78 is 10.5. The van der Waals surface area contributed by atoms with Gasteiger partial charge in [-0.05, 0) is 43.2 Å². The maximum absolute atomic E-state index is 12.6. The molecule has 0 bridgehead atoms. The number of benzene rings is 1. The fourth-order valence-corrected chi connectivity index (χ4v) is 2.90. The molecule has 27 heavy (non-hydrogen) atoms. The van der Waals surface area contributed by atoms with E-state index >= 15 is 0 Å². The number of nitrogens with one attached hydrogen (secondary N) is 2. The predicted molar refractivity (Wildman–Crippen MR) is 109 cm³/mol. The van der Waals surface area contributed by atoms with Gasteiger partial charge in [0.15, 0.2) is 0 Å². The number of rotatable bonds is 8. The lowest BCUT2D eigenvalue weighted by atomic mass is 9.95. The van der Waals surface area contributed by atoms with E-state index < -0.39 is 0 Å². The highest BCUT2D eigenvalue weighted by Crippen LogP contribution is 2.29. The van der Waals surface area contributed by atoms with Gasteiger partial charge in [-0.2, -0.15) is 0 Å². The van der Waals surface area contributed by atoms with Gasteiger partial charge in [-0.3, -0.25) is 9.79 Å². The van der Waals surface area contributed by atoms with Crippen LogP contribution in [0.15, 0.2) is 40.0 Å². The summed E-state index contributed by atoms with van der Waals surface area (Å²) in [5.41, 5.74) is 10.3. The Hall–Kier alpha value is -2.80. The van der Waals surface area contributed by atoms with E-state index in [1.54, 1.807) is 21.1 Å². The van der Waals surface area contributed by atoms with Crippen molar-refractivity contribution >= 4 is 23.4 Å². The summed E-state index contributed by atoms with van der Waals surface area (Å²) in [6, 6.07) is 5.88. The van der Waals surface area contributed by atoms with Crippen LogP contribution in [0.5, 0.6) is 5.75 Å². The maximum atomic E-state index is 12.6. The molecule has 0 fully saturated rings. The van der Waals surface area contributed by atoms with Gasteiger partial charge in [0.1, 0.15) is 5.75 Å². The van der Waals surface area contributed by atoms with Crippen LogP contribution in [-0.4, -0.2) is 52.1 Å². The lowest BCUT2D eigenvalue weighted by molar-refractivity contribution is -0.117. The Morgan fingerprint density at radius 2 is 2.19 bits per heavy atom. The molecule has 0 unspecified atom stereocenters. The summed E-state index contributed by atoms with van der Waals surface area (Å²) in [5.74, 6) is 0.562. The summed E-state index contributed by atoms with van der Waals surface area (Å²) in [5, 5.41) is 6.18. The smallest absolute Gasteiger partial charge is 0.255 e. The van der Waals surface area contributed by atoms with Crippen molar-refractivity contribution in [2.45, 2.75) is 13.8 Å². The van der Waals surface area contributed by atoms with Crippen LogP contribution >= 0.6 is 0 Å². The van der Waals surface area contributed by atoms with Gasteiger partial charge >= 0.3 is 0 Å². The standard InChI is InChI=1S/C20H28N4O3/c1-5-27-16-7-6-14-10-15(12-24-17(14)11-16)19(22-3)18(13(2)21)20(25)23-8-9-26-4/h6-7,10-11,24H,5,8-9,12,21H2,1-4H3,(H,23,25)/b18-13-,22-19?. The van der Waals surface area contributed by atoms with Crippen molar-refractivity contribution in [1.29, 1.82) is 0 Å². The van der Waals surface area contributed by atoms with Gasteiger partial charge in [-0.25, -0.2) is 0 Å². The fraction of sp³-hybridized carbons (Fsp3) is 0.400. The number of allylic oxidation sites excluding steroid dienone is 1. The van der Waals surface area contributed by atoms with Crippen LogP contribution in [-0.2, 0) is 9.53 Å². The normalized spacial score (nSPS) is 14.5. The number of amides is 1. The van der Waals surface area contributed by atoms with E-state index in [4.69, 9.17) is 15.2 Å². The molecule has 0 spiro atoms. The van der Waals surface area contributed by atoms with Crippen LogP contribution in [0.2, 0.25) is 0 Å². The zero-order chi connectivity index (χ0) is 19.8. The molecule has 7 nitrogen and oxygen atoms in total. The number of carbonyl (C=O) groups excluding carboxylic acids is 1. The summed E-state index contributed by atoms with van der Waals surface area (Å²) in [6.45, 7) is 5.65. The van der Waals surface area contributed by atoms with Crippen LogP contribution in [0.3, 0.4) is 0 Å². The minimum Gasteiger partial charge on any atom is -0.494 e. The molecular weight excluding hydrogens is 344 g/mol. The number of anilines is 1. The topological polar surface area (TPSA) is 98.0 Å². The number of carbonyl (C=O) groups is 1. The van der Waals surface area contributed by atoms with Gasteiger partial charge < -0.3 is 25.8 Å². The molecule has 1 aromatic rings. The van der Waals surface area contributed by atoms with E-state index in [1.807, 2.05) is 31.2 Å². The molecule has 0 aromatic heterocycles. The molecule has 0 saturated heterocycles. The maximum Gasteiger partial charge on any atom is 0.255 e. The molecule has 0 atom stereocenters. The Morgan fingerprint density at radius 3 is 2.81 bits per heavy atom. The number of nitrogens with two attached hydrogens (primary N) is 1. The largest absolute Gasteiger partial charge is 0.494 e. The minimum absolute atomic E-state index is 0.258. The molecule has 0 saturated carbocycles. The van der Waals surface area contributed by atoms with E-state index in [1.165, 1.54) is 0 Å². The first-order valence-electron chi connectivity index (χ1n) is 8.94. The number of nitrogens with zero attached hydrogens (tertiary/aromatic N) is 1. The Bertz CT molecular complexity index is 777. The van der Waals surface area contributed by atoms with Crippen molar-refractivity contribution in [1.82, 2.24) is 5.32 Å². The summed E-state index contributed by atoms with van der Waals surface area (Å²) in [6.07, 6.45) is 2.02. The van der Waals surface area contributed by atoms with Gasteiger partial charge in [0.05, 0.1) is 24.5 Å². The monoisotopic (exact) mass is 372 g/mol. The molecular formula is C20H28N4O3. The quantitative estimate of drug-likeness (QED) is 0.368. The van der Waals surface area contributed by atoms with Gasteiger partial charge in [0.2, 0.25) is 0 Å². The van der Waals surface area contributed by atoms with E-state index in [9.17, 15) is 4.79 Å². The van der Waals surface area contributed by atoms with E-state index in [2.05, 4.69) is 15.6 Å². The van der Waals surface area contributed by atoms with E-state index in [0.717, 1.165) is 22.6 Å². The van der Waals surface area contributed by atoms with Crippen molar-refractivity contribution in [2.24, 2.45) is 10.7 Å². The van der Waals surface area contributed by atoms with Gasteiger partial charge in [-0.1, -0.05) is 0 Å². The number of fused-ring (bicyclic) bond motifs is 1. The molecule has 146 valence electrons. The highest BCUT2D eigenvalue weighted by Gasteiger charge is 2.23. The van der Waals surface area contributed by atoms with Gasteiger partial charge in [0.25, 0.3) is 5.91 Å². The average Bonchev–Trinajstić information content (AvgIpc) is 2.65. The first kappa shape index (κ1) is 20.5. The second-order valence-corrected chi connectivity index (χ2v) is 6.08. The second-order valence-electron chi connectivity index (χ2n) is 6.08. The zero-order valence-corrected chi connectivity index (χ0v) is 16.4. The molecule has 1 aromatic carbocycles. The first-order valence-corrected chi connectivity index (χ1v) is 8.94. The van der Waals surface area contributed by atoms with E-state index in [-0.39, 0.29) is 5.91 Å². The number of hydrogen-bond acceptors (Lipinski definition) is 6. The molecule has 4 N–H and O–H groups in total. The van der Waals surface area contributed by atoms with Gasteiger partial charge in [0, 0.05) is 44.7 Å². The predicted octanol–water partition coefficient (Wildman–Crippen LogP) is 1.96. The van der Waals surface area contributed by atoms with E-state index in [0.29, 0.717) is 43.3 Å². The summed E-state index contributed by atoms with van der Waals surface area (Å²) in [4.78, 5) is 17.0. The molecule has 1 amide bonds. The van der Waals surface area contributed by atoms with Crippen LogP contribution in [0.25, 0.3) is 6.08 Å². The zero-order valence-electron chi connectivity index (χ0n) is 16.4. The number of aliphatic imine (C=N–C) groups is 1. The van der Waals surface area contributed by atoms with Crippen molar-refractivity contribution in [2.75, 3.05) is 45.8 Å². The lowest BCUT2D eigenvalue weighted by Crippen LogP contribution is -2.34. The molecule has 7 heteroatoms. The third-order valence-corrected chi connectivity index (χ3v) is 4.11. The molecule has 1 aliphatic rings. The van der Waals surface area contributed by atoms with Crippen LogP contribution < -0.4 is 21.1 Å². The third kappa shape index (κ3) is 5.10. The molecule has 1 aliphatic heterocycles. The molecule has 1 heterocycles. The summed E-state index contributed by atoms with van der Waals surface area (Å²) in [7, 11) is 3.25. The van der Waals surface area contributed by atoms with Crippen LogP contribution in [0.4, 0.5) is 5.69 Å². The number of hydrogen-bond donors (Lipinski definition) is 3. The Kier molecular flexibility index (Phi) is 7.43. The van der Waals surface area contributed by atoms with Crippen LogP contribution in [0, 0.1) is 0 Å². The number of methoxy groups -OCH3 is 1. The summed E-state index contributed by atoms with van der Waals surface area (Å²) >= 11 is 0. The molecule has 0 radical (unpaired) electrons. The van der Waals surface area contributed by atoms with Crippen molar-refractivity contribution < 1.29 is 14.3 Å². The second kappa shape index (κ2) is 9.78. The van der Waals surface area contributed by atoms with Crippen molar-refractivity contribution in [3.63, 3.8) is 0 Å². The van der Waals surface area contributed by atoms with Gasteiger partial charge in [-0.15, -0.1) is 0 Å². The third-order valence-electron chi connectivity index (χ3n) is 4.11. The molecule has 0 aliphatic carbocycles. The highest BCUT2D eigenvalue weighted by atomic mass is 16.5. The SMILES string of the molecule is CCOc1ccc2c(c1)NCC(C(=NC)/C(C(=O)NCCOC)=C(\C)N)=C2. The van der Waals surface area contributed by atoms with Crippen LogP contribution in [0.1, 0.15) is 19.4 Å². The number of ether oxygens (including phenoxy) is 2. The van der Waals surface area contributed by atoms with Crippen molar-refractivity contribution in [3.05, 3.63) is 40.6 Å². The van der Waals surface area contributed by atoms with Crippen molar-refractivity contribution in [3.8, 4) is 5.75 Å². The Morgan fingerprint density at radius 1 is 1.41 bits per heavy atom. The Labute approximate surface area is 160 Å². The fourth-order valence-electron chi connectivity index (χ4n) is 2.90. The first-order chi connectivity index (χ1) is 13.0. The average molecular weight is 372 g/mol.